The highest BCUT2D eigenvalue weighted by Crippen LogP contribution is 2.46. The topological polar surface area (TPSA) is 182 Å². The van der Waals surface area contributed by atoms with Crippen LogP contribution in [0, 0.1) is 13.8 Å². The van der Waals surface area contributed by atoms with Crippen molar-refractivity contribution >= 4 is 11.9 Å². The summed E-state index contributed by atoms with van der Waals surface area (Å²) in [4.78, 5) is 31.4. The molecule has 0 aliphatic heterocycles. The number of ether oxygens (including phenoxy) is 4. The van der Waals surface area contributed by atoms with E-state index in [1.165, 1.54) is 0 Å². The molecular formula is C44H54N4O9. The predicted octanol–water partition coefficient (Wildman–Crippen LogP) is 6.57. The van der Waals surface area contributed by atoms with Crippen LogP contribution in [0.25, 0.3) is 11.1 Å². The summed E-state index contributed by atoms with van der Waals surface area (Å²) in [5, 5.41) is 34.3. The Morgan fingerprint density at radius 2 is 1.21 bits per heavy atom. The average molecular weight is 783 g/mol. The van der Waals surface area contributed by atoms with Crippen LogP contribution in [-0.4, -0.2) is 70.6 Å². The summed E-state index contributed by atoms with van der Waals surface area (Å²) in [6, 6.07) is 16.7. The highest BCUT2D eigenvalue weighted by atomic mass is 16.5. The van der Waals surface area contributed by atoms with E-state index in [9.17, 15) is 14.7 Å². The third-order valence-corrected chi connectivity index (χ3v) is 10.6. The molecule has 13 nitrogen and oxygen atoms in total. The molecule has 0 amide bonds. The molecule has 2 saturated carbocycles. The third-order valence-electron chi connectivity index (χ3n) is 10.6. The van der Waals surface area contributed by atoms with Crippen LogP contribution in [0.1, 0.15) is 101 Å². The molecule has 0 radical (unpaired) electrons. The summed E-state index contributed by atoms with van der Waals surface area (Å²) in [6.45, 7) is 6.52. The fraction of sp³-hybridized carbons (Fsp3) is 0.455. The van der Waals surface area contributed by atoms with Gasteiger partial charge < -0.3 is 44.9 Å². The minimum absolute atomic E-state index is 0.127. The van der Waals surface area contributed by atoms with Crippen molar-refractivity contribution in [3.63, 3.8) is 0 Å². The number of carbonyl (C=O) groups is 2. The fourth-order valence-corrected chi connectivity index (χ4v) is 7.08. The van der Waals surface area contributed by atoms with E-state index in [0.29, 0.717) is 74.6 Å². The van der Waals surface area contributed by atoms with Crippen LogP contribution in [0.2, 0.25) is 0 Å². The van der Waals surface area contributed by atoms with Gasteiger partial charge in [0.15, 0.2) is 0 Å². The van der Waals surface area contributed by atoms with Crippen molar-refractivity contribution in [1.29, 1.82) is 0 Å². The second-order valence-electron chi connectivity index (χ2n) is 15.0. The molecule has 0 saturated heterocycles. The van der Waals surface area contributed by atoms with Crippen molar-refractivity contribution in [2.75, 3.05) is 27.3 Å². The van der Waals surface area contributed by atoms with Gasteiger partial charge in [-0.15, -0.1) is 0 Å². The first kappa shape index (κ1) is 41.4. The van der Waals surface area contributed by atoms with Gasteiger partial charge in [0.1, 0.15) is 13.2 Å². The van der Waals surface area contributed by atoms with Gasteiger partial charge in [-0.05, 0) is 110 Å². The summed E-state index contributed by atoms with van der Waals surface area (Å²) in [6.07, 6.45) is 3.63. The summed E-state index contributed by atoms with van der Waals surface area (Å²) in [7, 11) is 3.16. The van der Waals surface area contributed by atoms with Crippen LogP contribution < -0.4 is 29.6 Å². The van der Waals surface area contributed by atoms with Crippen molar-refractivity contribution < 1.29 is 43.9 Å². The number of pyridine rings is 2. The van der Waals surface area contributed by atoms with E-state index in [1.807, 2.05) is 12.1 Å². The molecule has 6 rings (SSSR count). The lowest BCUT2D eigenvalue weighted by molar-refractivity contribution is -0.139. The zero-order valence-electron chi connectivity index (χ0n) is 33.2. The van der Waals surface area contributed by atoms with E-state index in [2.05, 4.69) is 60.9 Å². The second kappa shape index (κ2) is 19.3. The lowest BCUT2D eigenvalue weighted by Crippen LogP contribution is -2.28. The Bertz CT molecular complexity index is 2050. The van der Waals surface area contributed by atoms with Gasteiger partial charge in [-0.3, -0.25) is 9.59 Å². The molecule has 2 fully saturated rings. The lowest BCUT2D eigenvalue weighted by Gasteiger charge is -2.19. The Balaban J connectivity index is 1.15. The number of benzene rings is 2. The Kier molecular flexibility index (Phi) is 14.0. The molecule has 4 aromatic rings. The first-order valence-corrected chi connectivity index (χ1v) is 19.7. The van der Waals surface area contributed by atoms with Gasteiger partial charge in [0.2, 0.25) is 23.5 Å². The van der Waals surface area contributed by atoms with E-state index in [1.54, 1.807) is 14.2 Å². The maximum atomic E-state index is 10.9. The lowest BCUT2D eigenvalue weighted by atomic mass is 9.92. The molecule has 2 aromatic carbocycles. The number of aromatic nitrogens is 2. The van der Waals surface area contributed by atoms with Gasteiger partial charge in [0, 0.05) is 48.3 Å². The highest BCUT2D eigenvalue weighted by Gasteiger charge is 2.31. The first-order valence-electron chi connectivity index (χ1n) is 19.7. The van der Waals surface area contributed by atoms with Crippen LogP contribution in [0.3, 0.4) is 0 Å². The van der Waals surface area contributed by atoms with Gasteiger partial charge in [-0.2, -0.15) is 9.97 Å². The molecule has 304 valence electrons. The van der Waals surface area contributed by atoms with Crippen LogP contribution in [0.4, 0.5) is 0 Å². The Morgan fingerprint density at radius 1 is 0.719 bits per heavy atom. The number of carboxylic acid groups (broad SMARTS) is 2. The average Bonchev–Trinajstić information content (AvgIpc) is 4.12. The van der Waals surface area contributed by atoms with E-state index in [-0.39, 0.29) is 19.4 Å². The zero-order chi connectivity index (χ0) is 40.5. The van der Waals surface area contributed by atoms with Crippen molar-refractivity contribution in [1.82, 2.24) is 20.6 Å². The molecule has 57 heavy (non-hydrogen) atoms. The van der Waals surface area contributed by atoms with Crippen LogP contribution >= 0.6 is 0 Å². The molecular weight excluding hydrogens is 729 g/mol. The summed E-state index contributed by atoms with van der Waals surface area (Å²) >= 11 is 0. The molecule has 0 bridgehead atoms. The van der Waals surface area contributed by atoms with Crippen molar-refractivity contribution in [3.8, 4) is 34.6 Å². The third kappa shape index (κ3) is 11.0. The van der Waals surface area contributed by atoms with Gasteiger partial charge in [0.25, 0.3) is 0 Å². The van der Waals surface area contributed by atoms with Crippen molar-refractivity contribution in [2.45, 2.75) is 103 Å². The highest BCUT2D eigenvalue weighted by molar-refractivity contribution is 5.72. The van der Waals surface area contributed by atoms with E-state index >= 15 is 0 Å². The fourth-order valence-electron chi connectivity index (χ4n) is 7.08. The first-order chi connectivity index (χ1) is 27.6. The standard InChI is InChI=1S/C44H54N4O9/c1-26-30(24-56-43-37(28-13-14-28)18-32(41(47-43)54-3)21-45-17-7-12-39(50)51)8-5-10-35(26)36-11-6-9-31(27(36)2)25-57-44-38(29-15-16-29)19-33(42(48-44)55-4)22-46-23-34(49)20-40(52)53/h5-6,8-11,18-19,28-29,34,45-46,49H,7,12-17,20-25H2,1-4H3,(H,50,51)(H,52,53)/t34-/m0/s1. The molecule has 2 aliphatic rings. The molecule has 13 heteroatoms. The number of aliphatic hydroxyl groups excluding tert-OH is 1. The molecule has 0 unspecified atom stereocenters. The molecule has 1 atom stereocenters. The number of nitrogens with zero attached hydrogens (tertiary/aromatic N) is 2. The number of carboxylic acids is 2. The zero-order valence-corrected chi connectivity index (χ0v) is 33.2. The minimum Gasteiger partial charge on any atom is -0.481 e. The van der Waals surface area contributed by atoms with Crippen molar-refractivity contribution in [3.05, 3.63) is 93.0 Å². The molecule has 5 N–H and O–H groups in total. The number of methoxy groups -OCH3 is 2. The number of hydrogen-bond acceptors (Lipinski definition) is 11. The largest absolute Gasteiger partial charge is 0.481 e. The van der Waals surface area contributed by atoms with Gasteiger partial charge >= 0.3 is 11.9 Å². The predicted molar refractivity (Wildman–Crippen MR) is 214 cm³/mol. The van der Waals surface area contributed by atoms with Gasteiger partial charge in [-0.25, -0.2) is 0 Å². The molecule has 2 aromatic heterocycles. The molecule has 2 heterocycles. The Morgan fingerprint density at radius 3 is 1.65 bits per heavy atom. The number of nitrogens with one attached hydrogen (secondary N) is 2. The number of aliphatic carboxylic acids is 2. The SMILES string of the molecule is COc1nc(OCc2cccc(-c3cccc(COc4nc(OC)c(CNC[C@@H](O)CC(=O)O)cc4C4CC4)c3C)c2C)c(C2CC2)cc1CNCCCC(=O)O. The molecule has 2 aliphatic carbocycles. The minimum atomic E-state index is -1.05. The maximum absolute atomic E-state index is 10.9. The quantitative estimate of drug-likeness (QED) is 0.0510. The normalized spacial score (nSPS) is 14.3. The van der Waals surface area contributed by atoms with E-state index in [0.717, 1.165) is 81.3 Å². The summed E-state index contributed by atoms with van der Waals surface area (Å²) in [5.74, 6) is 0.943. The second-order valence-corrected chi connectivity index (χ2v) is 15.0. The van der Waals surface area contributed by atoms with E-state index in [4.69, 9.17) is 39.1 Å². The van der Waals surface area contributed by atoms with E-state index < -0.39 is 18.0 Å². The monoisotopic (exact) mass is 782 g/mol. The maximum Gasteiger partial charge on any atom is 0.306 e. The smallest absolute Gasteiger partial charge is 0.306 e. The molecule has 0 spiro atoms. The summed E-state index contributed by atoms with van der Waals surface area (Å²) in [5.41, 5.74) is 10.4. The summed E-state index contributed by atoms with van der Waals surface area (Å²) < 4.78 is 24.2. The Hall–Kier alpha value is -5.24. The Labute approximate surface area is 333 Å². The van der Waals surface area contributed by atoms with Crippen LogP contribution in [-0.2, 0) is 35.9 Å². The van der Waals surface area contributed by atoms with Crippen LogP contribution in [0.5, 0.6) is 23.5 Å². The number of aliphatic hydroxyl groups is 1. The van der Waals surface area contributed by atoms with Crippen LogP contribution in [0.15, 0.2) is 48.5 Å². The van der Waals surface area contributed by atoms with Crippen molar-refractivity contribution in [2.24, 2.45) is 0 Å². The van der Waals surface area contributed by atoms with Gasteiger partial charge in [0.05, 0.1) is 26.7 Å². The van der Waals surface area contributed by atoms with Gasteiger partial charge in [-0.1, -0.05) is 36.4 Å². The number of hydrogen-bond donors (Lipinski definition) is 5. The number of rotatable bonds is 23.